The number of likely N-dealkylation sites (tertiary alicyclic amines) is 1. The molecule has 1 saturated carbocycles. The van der Waals surface area contributed by atoms with Gasteiger partial charge in [-0.1, -0.05) is 19.3 Å². The average molecular weight is 125 g/mol. The third-order valence-electron chi connectivity index (χ3n) is 2.90. The van der Waals surface area contributed by atoms with Crippen LogP contribution in [0.2, 0.25) is 0 Å². The number of rotatable bonds is 0. The van der Waals surface area contributed by atoms with Gasteiger partial charge in [0.2, 0.25) is 0 Å². The highest BCUT2D eigenvalue weighted by Gasteiger charge is 2.43. The SMILES string of the molecule is CN1C2CCCCCC21. The number of nitrogens with zero attached hydrogens (tertiary/aromatic N) is 1. The summed E-state index contributed by atoms with van der Waals surface area (Å²) in [7, 11) is 2.26. The zero-order chi connectivity index (χ0) is 6.27. The highest BCUT2D eigenvalue weighted by molar-refractivity contribution is 5.00. The molecule has 2 atom stereocenters. The molecule has 2 fully saturated rings. The van der Waals surface area contributed by atoms with E-state index < -0.39 is 0 Å². The number of fused-ring (bicyclic) bond motifs is 1. The summed E-state index contributed by atoms with van der Waals surface area (Å²) in [6, 6.07) is 1.99. The summed E-state index contributed by atoms with van der Waals surface area (Å²) in [6.07, 6.45) is 7.39. The summed E-state index contributed by atoms with van der Waals surface area (Å²) >= 11 is 0. The van der Waals surface area contributed by atoms with E-state index in [4.69, 9.17) is 0 Å². The van der Waals surface area contributed by atoms with Gasteiger partial charge < -0.3 is 0 Å². The van der Waals surface area contributed by atoms with Gasteiger partial charge in [-0.15, -0.1) is 0 Å². The van der Waals surface area contributed by atoms with Crippen molar-refractivity contribution in [1.82, 2.24) is 4.90 Å². The lowest BCUT2D eigenvalue weighted by atomic mass is 10.2. The van der Waals surface area contributed by atoms with E-state index in [-0.39, 0.29) is 0 Å². The van der Waals surface area contributed by atoms with Crippen LogP contribution in [0.1, 0.15) is 32.1 Å². The first-order valence-corrected chi connectivity index (χ1v) is 4.11. The molecule has 1 heterocycles. The summed E-state index contributed by atoms with van der Waals surface area (Å²) in [5.41, 5.74) is 0. The van der Waals surface area contributed by atoms with Crippen molar-refractivity contribution in [1.29, 1.82) is 0 Å². The van der Waals surface area contributed by atoms with Gasteiger partial charge in [-0.05, 0) is 19.9 Å². The molecule has 9 heavy (non-hydrogen) atoms. The second-order valence-electron chi connectivity index (χ2n) is 3.44. The van der Waals surface area contributed by atoms with Crippen molar-refractivity contribution in [3.63, 3.8) is 0 Å². The Hall–Kier alpha value is -0.0400. The third kappa shape index (κ3) is 0.877. The zero-order valence-electron chi connectivity index (χ0n) is 6.14. The van der Waals surface area contributed by atoms with E-state index in [0.717, 1.165) is 12.1 Å². The lowest BCUT2D eigenvalue weighted by Gasteiger charge is -1.97. The van der Waals surface area contributed by atoms with Gasteiger partial charge in [-0.3, -0.25) is 4.90 Å². The van der Waals surface area contributed by atoms with Crippen LogP contribution in [0, 0.1) is 0 Å². The largest absolute Gasteiger partial charge is 0.297 e. The van der Waals surface area contributed by atoms with E-state index in [2.05, 4.69) is 11.9 Å². The summed E-state index contributed by atoms with van der Waals surface area (Å²) in [5.74, 6) is 0. The van der Waals surface area contributed by atoms with E-state index in [9.17, 15) is 0 Å². The Morgan fingerprint density at radius 2 is 1.56 bits per heavy atom. The lowest BCUT2D eigenvalue weighted by molar-refractivity contribution is 0.501. The van der Waals surface area contributed by atoms with Crippen LogP contribution < -0.4 is 0 Å². The average Bonchev–Trinajstić information content (AvgIpc) is 2.51. The Kier molecular flexibility index (Phi) is 1.26. The van der Waals surface area contributed by atoms with Gasteiger partial charge in [-0.2, -0.15) is 0 Å². The maximum atomic E-state index is 2.53. The Morgan fingerprint density at radius 1 is 1.00 bits per heavy atom. The van der Waals surface area contributed by atoms with Gasteiger partial charge in [0.15, 0.2) is 0 Å². The standard InChI is InChI=1S/C8H15N/c1-9-7-5-3-2-4-6-8(7)9/h7-8H,2-6H2,1H3. The smallest absolute Gasteiger partial charge is 0.0252 e. The molecule has 0 radical (unpaired) electrons. The summed E-state index contributed by atoms with van der Waals surface area (Å²) in [4.78, 5) is 2.53. The van der Waals surface area contributed by atoms with E-state index in [1.807, 2.05) is 0 Å². The molecule has 2 rings (SSSR count). The molecule has 0 aromatic heterocycles. The predicted octanol–water partition coefficient (Wildman–Crippen LogP) is 1.63. The zero-order valence-corrected chi connectivity index (χ0v) is 6.14. The van der Waals surface area contributed by atoms with E-state index in [1.54, 1.807) is 0 Å². The molecule has 0 aromatic carbocycles. The Morgan fingerprint density at radius 3 is 2.11 bits per heavy atom. The van der Waals surface area contributed by atoms with E-state index >= 15 is 0 Å². The fourth-order valence-electron chi connectivity index (χ4n) is 2.15. The number of likely N-dealkylation sites (N-methyl/N-ethyl adjacent to an activating group) is 1. The summed E-state index contributed by atoms with van der Waals surface area (Å²) in [5, 5.41) is 0. The first kappa shape index (κ1) is 5.72. The van der Waals surface area contributed by atoms with Crippen LogP contribution in [0.4, 0.5) is 0 Å². The Bertz CT molecular complexity index is 99.1. The molecular weight excluding hydrogens is 110 g/mol. The molecule has 1 aliphatic carbocycles. The maximum absolute atomic E-state index is 2.53. The van der Waals surface area contributed by atoms with Crippen molar-refractivity contribution in [3.8, 4) is 0 Å². The molecule has 0 amide bonds. The van der Waals surface area contributed by atoms with Crippen LogP contribution in [0.5, 0.6) is 0 Å². The van der Waals surface area contributed by atoms with Gasteiger partial charge in [0.05, 0.1) is 0 Å². The fourth-order valence-corrected chi connectivity index (χ4v) is 2.15. The van der Waals surface area contributed by atoms with Gasteiger partial charge in [0.1, 0.15) is 0 Å². The van der Waals surface area contributed by atoms with Crippen LogP contribution >= 0.6 is 0 Å². The molecule has 2 unspecified atom stereocenters. The Labute approximate surface area is 57.0 Å². The second kappa shape index (κ2) is 1.98. The molecule has 1 aliphatic heterocycles. The van der Waals surface area contributed by atoms with Gasteiger partial charge in [-0.25, -0.2) is 0 Å². The van der Waals surface area contributed by atoms with E-state index in [0.29, 0.717) is 0 Å². The molecular formula is C8H15N. The van der Waals surface area contributed by atoms with Crippen LogP contribution in [0.3, 0.4) is 0 Å². The van der Waals surface area contributed by atoms with Crippen LogP contribution in [0.15, 0.2) is 0 Å². The van der Waals surface area contributed by atoms with Crippen molar-refractivity contribution < 1.29 is 0 Å². The van der Waals surface area contributed by atoms with E-state index in [1.165, 1.54) is 32.1 Å². The number of hydrogen-bond acceptors (Lipinski definition) is 1. The molecule has 0 bridgehead atoms. The van der Waals surface area contributed by atoms with Crippen LogP contribution in [-0.2, 0) is 0 Å². The van der Waals surface area contributed by atoms with Crippen molar-refractivity contribution in [2.45, 2.75) is 44.2 Å². The van der Waals surface area contributed by atoms with Gasteiger partial charge in [0.25, 0.3) is 0 Å². The monoisotopic (exact) mass is 125 g/mol. The van der Waals surface area contributed by atoms with Crippen molar-refractivity contribution >= 4 is 0 Å². The molecule has 1 nitrogen and oxygen atoms in total. The third-order valence-corrected chi connectivity index (χ3v) is 2.90. The first-order chi connectivity index (χ1) is 4.39. The van der Waals surface area contributed by atoms with Gasteiger partial charge in [0, 0.05) is 12.1 Å². The summed E-state index contributed by atoms with van der Waals surface area (Å²) in [6.45, 7) is 0. The normalized spacial score (nSPS) is 49.7. The highest BCUT2D eigenvalue weighted by Crippen LogP contribution is 2.36. The molecule has 0 aromatic rings. The predicted molar refractivity (Wildman–Crippen MR) is 38.4 cm³/mol. The highest BCUT2D eigenvalue weighted by atomic mass is 15.3. The quantitative estimate of drug-likeness (QED) is 0.445. The molecule has 2 aliphatic rings. The van der Waals surface area contributed by atoms with Crippen LogP contribution in [-0.4, -0.2) is 24.0 Å². The first-order valence-electron chi connectivity index (χ1n) is 4.11. The maximum Gasteiger partial charge on any atom is 0.0252 e. The number of hydrogen-bond donors (Lipinski definition) is 0. The summed E-state index contributed by atoms with van der Waals surface area (Å²) < 4.78 is 0. The second-order valence-corrected chi connectivity index (χ2v) is 3.44. The van der Waals surface area contributed by atoms with Crippen molar-refractivity contribution in [3.05, 3.63) is 0 Å². The topological polar surface area (TPSA) is 3.01 Å². The van der Waals surface area contributed by atoms with Crippen LogP contribution in [0.25, 0.3) is 0 Å². The molecule has 52 valence electrons. The molecule has 0 spiro atoms. The van der Waals surface area contributed by atoms with Gasteiger partial charge >= 0.3 is 0 Å². The minimum absolute atomic E-state index is 0.993. The molecule has 0 N–H and O–H groups in total. The minimum Gasteiger partial charge on any atom is -0.297 e. The molecule has 1 heteroatoms. The van der Waals surface area contributed by atoms with Crippen molar-refractivity contribution in [2.75, 3.05) is 7.05 Å². The minimum atomic E-state index is 0.993. The lowest BCUT2D eigenvalue weighted by Crippen LogP contribution is -1.94. The van der Waals surface area contributed by atoms with Crippen molar-refractivity contribution in [2.24, 2.45) is 0 Å². The fraction of sp³-hybridized carbons (Fsp3) is 1.00. The molecule has 1 saturated heterocycles. The Balaban J connectivity index is 1.93.